The summed E-state index contributed by atoms with van der Waals surface area (Å²) in [6, 6.07) is 8.79. The smallest absolute Gasteiger partial charge is 0.119 e. The van der Waals surface area contributed by atoms with Gasteiger partial charge in [0, 0.05) is 13.2 Å². The lowest BCUT2D eigenvalue weighted by Crippen LogP contribution is -2.48. The first-order chi connectivity index (χ1) is 9.26. The first-order valence-electron chi connectivity index (χ1n) is 6.76. The van der Waals surface area contributed by atoms with E-state index in [2.05, 4.69) is 17.4 Å². The van der Waals surface area contributed by atoms with E-state index in [0.717, 1.165) is 18.6 Å². The Morgan fingerprint density at radius 1 is 1.37 bits per heavy atom. The summed E-state index contributed by atoms with van der Waals surface area (Å²) in [5.74, 6) is 1.51. The van der Waals surface area contributed by atoms with Crippen molar-refractivity contribution in [2.24, 2.45) is 0 Å². The van der Waals surface area contributed by atoms with Gasteiger partial charge in [-0.05, 0) is 36.5 Å². The Morgan fingerprint density at radius 3 is 2.79 bits per heavy atom. The molecule has 0 bridgehead atoms. The maximum Gasteiger partial charge on any atom is 0.119 e. The Bertz CT molecular complexity index is 391. The van der Waals surface area contributed by atoms with Crippen molar-refractivity contribution in [1.82, 2.24) is 5.32 Å². The second-order valence-electron chi connectivity index (χ2n) is 5.14. The molecule has 0 amide bonds. The predicted molar refractivity (Wildman–Crippen MR) is 74.6 cm³/mol. The zero-order chi connectivity index (χ0) is 13.7. The SMILES string of the molecule is COCC(CO)NC1CC(c2cccc(OC)c2)C1. The lowest BCUT2D eigenvalue weighted by molar-refractivity contribution is 0.110. The van der Waals surface area contributed by atoms with Gasteiger partial charge in [0.15, 0.2) is 0 Å². The van der Waals surface area contributed by atoms with Crippen molar-refractivity contribution in [3.8, 4) is 5.75 Å². The van der Waals surface area contributed by atoms with E-state index in [9.17, 15) is 5.11 Å². The minimum Gasteiger partial charge on any atom is -0.497 e. The van der Waals surface area contributed by atoms with Gasteiger partial charge in [0.25, 0.3) is 0 Å². The molecule has 1 aromatic carbocycles. The molecule has 2 N–H and O–H groups in total. The van der Waals surface area contributed by atoms with Crippen LogP contribution in [0.2, 0.25) is 0 Å². The highest BCUT2D eigenvalue weighted by Crippen LogP contribution is 2.38. The highest BCUT2D eigenvalue weighted by atomic mass is 16.5. The molecule has 0 saturated heterocycles. The first-order valence-corrected chi connectivity index (χ1v) is 6.76. The van der Waals surface area contributed by atoms with E-state index in [1.165, 1.54) is 5.56 Å². The van der Waals surface area contributed by atoms with Crippen LogP contribution in [0.25, 0.3) is 0 Å². The molecular formula is C15H23NO3. The van der Waals surface area contributed by atoms with E-state index in [0.29, 0.717) is 18.6 Å². The van der Waals surface area contributed by atoms with Crippen molar-refractivity contribution in [3.05, 3.63) is 29.8 Å². The highest BCUT2D eigenvalue weighted by Gasteiger charge is 2.31. The van der Waals surface area contributed by atoms with E-state index in [1.807, 2.05) is 12.1 Å². The molecule has 1 fully saturated rings. The number of hydrogen-bond donors (Lipinski definition) is 2. The molecule has 4 nitrogen and oxygen atoms in total. The molecular weight excluding hydrogens is 242 g/mol. The highest BCUT2D eigenvalue weighted by molar-refractivity contribution is 5.32. The Hall–Kier alpha value is -1.10. The molecule has 0 radical (unpaired) electrons. The summed E-state index contributed by atoms with van der Waals surface area (Å²) in [4.78, 5) is 0. The molecule has 2 rings (SSSR count). The van der Waals surface area contributed by atoms with Gasteiger partial charge in [-0.25, -0.2) is 0 Å². The predicted octanol–water partition coefficient (Wildman–Crippen LogP) is 1.54. The molecule has 0 aliphatic heterocycles. The fraction of sp³-hybridized carbons (Fsp3) is 0.600. The quantitative estimate of drug-likeness (QED) is 0.785. The van der Waals surface area contributed by atoms with Crippen LogP contribution in [-0.2, 0) is 4.74 Å². The van der Waals surface area contributed by atoms with Crippen LogP contribution in [0, 0.1) is 0 Å². The zero-order valence-electron chi connectivity index (χ0n) is 11.6. The molecule has 1 saturated carbocycles. The van der Waals surface area contributed by atoms with Crippen LogP contribution in [0.3, 0.4) is 0 Å². The van der Waals surface area contributed by atoms with Crippen molar-refractivity contribution in [1.29, 1.82) is 0 Å². The lowest BCUT2D eigenvalue weighted by atomic mass is 9.75. The van der Waals surface area contributed by atoms with Crippen LogP contribution in [0.15, 0.2) is 24.3 Å². The van der Waals surface area contributed by atoms with Crippen LogP contribution in [0.5, 0.6) is 5.75 Å². The third kappa shape index (κ3) is 3.69. The van der Waals surface area contributed by atoms with Crippen molar-refractivity contribution < 1.29 is 14.6 Å². The molecule has 1 unspecified atom stereocenters. The monoisotopic (exact) mass is 265 g/mol. The van der Waals surface area contributed by atoms with Gasteiger partial charge in [-0.1, -0.05) is 12.1 Å². The number of hydrogen-bond acceptors (Lipinski definition) is 4. The van der Waals surface area contributed by atoms with E-state index in [4.69, 9.17) is 9.47 Å². The molecule has 4 heteroatoms. The Balaban J connectivity index is 1.82. The maximum absolute atomic E-state index is 9.22. The van der Waals surface area contributed by atoms with Crippen LogP contribution in [0.1, 0.15) is 24.3 Å². The van der Waals surface area contributed by atoms with Gasteiger partial charge < -0.3 is 19.9 Å². The first kappa shape index (κ1) is 14.3. The van der Waals surface area contributed by atoms with Gasteiger partial charge in [-0.15, -0.1) is 0 Å². The van der Waals surface area contributed by atoms with Crippen LogP contribution in [0.4, 0.5) is 0 Å². The number of rotatable bonds is 7. The molecule has 0 aromatic heterocycles. The number of aliphatic hydroxyl groups is 1. The standard InChI is InChI=1S/C15H23NO3/c1-18-10-14(9-17)16-13-6-12(7-13)11-4-3-5-15(8-11)19-2/h3-5,8,12-14,16-17H,6-7,9-10H2,1-2H3. The molecule has 1 aromatic rings. The molecule has 1 atom stereocenters. The summed E-state index contributed by atoms with van der Waals surface area (Å²) in [5, 5.41) is 12.6. The summed E-state index contributed by atoms with van der Waals surface area (Å²) in [6.07, 6.45) is 2.21. The Morgan fingerprint density at radius 2 is 2.16 bits per heavy atom. The van der Waals surface area contributed by atoms with Gasteiger partial charge in [0.05, 0.1) is 26.4 Å². The Labute approximate surface area is 114 Å². The second-order valence-corrected chi connectivity index (χ2v) is 5.14. The summed E-state index contributed by atoms with van der Waals surface area (Å²) in [5.41, 5.74) is 1.34. The minimum absolute atomic E-state index is 0.0428. The lowest BCUT2D eigenvalue weighted by Gasteiger charge is -2.38. The van der Waals surface area contributed by atoms with E-state index >= 15 is 0 Å². The van der Waals surface area contributed by atoms with Gasteiger partial charge in [0.1, 0.15) is 5.75 Å². The average molecular weight is 265 g/mol. The summed E-state index contributed by atoms with van der Waals surface area (Å²) < 4.78 is 10.3. The topological polar surface area (TPSA) is 50.7 Å². The van der Waals surface area contributed by atoms with Crippen molar-refractivity contribution in [3.63, 3.8) is 0 Å². The van der Waals surface area contributed by atoms with Gasteiger partial charge in [-0.2, -0.15) is 0 Å². The van der Waals surface area contributed by atoms with Crippen molar-refractivity contribution in [2.45, 2.75) is 30.8 Å². The van der Waals surface area contributed by atoms with Crippen LogP contribution in [-0.4, -0.2) is 44.6 Å². The maximum atomic E-state index is 9.22. The number of methoxy groups -OCH3 is 2. The van der Waals surface area contributed by atoms with E-state index in [-0.39, 0.29) is 12.6 Å². The zero-order valence-corrected chi connectivity index (χ0v) is 11.6. The van der Waals surface area contributed by atoms with E-state index < -0.39 is 0 Å². The third-order valence-electron chi connectivity index (χ3n) is 3.76. The largest absolute Gasteiger partial charge is 0.497 e. The molecule has 19 heavy (non-hydrogen) atoms. The molecule has 0 heterocycles. The molecule has 106 valence electrons. The van der Waals surface area contributed by atoms with Crippen LogP contribution >= 0.6 is 0 Å². The summed E-state index contributed by atoms with van der Waals surface area (Å²) in [7, 11) is 3.35. The van der Waals surface area contributed by atoms with Gasteiger partial charge >= 0.3 is 0 Å². The molecule has 1 aliphatic carbocycles. The van der Waals surface area contributed by atoms with E-state index in [1.54, 1.807) is 14.2 Å². The Kier molecular flexibility index (Phi) is 5.19. The minimum atomic E-state index is 0.0428. The number of nitrogens with one attached hydrogen (secondary N) is 1. The molecule has 0 spiro atoms. The van der Waals surface area contributed by atoms with Gasteiger partial charge in [0.2, 0.25) is 0 Å². The van der Waals surface area contributed by atoms with Gasteiger partial charge in [-0.3, -0.25) is 0 Å². The van der Waals surface area contributed by atoms with Crippen molar-refractivity contribution in [2.75, 3.05) is 27.4 Å². The second kappa shape index (κ2) is 6.89. The average Bonchev–Trinajstić information content (AvgIpc) is 2.41. The van der Waals surface area contributed by atoms with Crippen molar-refractivity contribution >= 4 is 0 Å². The molecule has 1 aliphatic rings. The van der Waals surface area contributed by atoms with Crippen LogP contribution < -0.4 is 10.1 Å². The summed E-state index contributed by atoms with van der Waals surface area (Å²) in [6.45, 7) is 0.672. The number of aliphatic hydroxyl groups excluding tert-OH is 1. The fourth-order valence-corrected chi connectivity index (χ4v) is 2.61. The number of benzene rings is 1. The normalized spacial score (nSPS) is 23.7. The third-order valence-corrected chi connectivity index (χ3v) is 3.76. The summed E-state index contributed by atoms with van der Waals surface area (Å²) >= 11 is 0. The number of ether oxygens (including phenoxy) is 2. The fourth-order valence-electron chi connectivity index (χ4n) is 2.61.